The molecule has 0 spiro atoms. The maximum absolute atomic E-state index is 12.3. The van der Waals surface area contributed by atoms with Crippen molar-refractivity contribution in [1.82, 2.24) is 25.2 Å². The second-order valence-electron chi connectivity index (χ2n) is 7.23. The fourth-order valence-corrected chi connectivity index (χ4v) is 4.07. The maximum Gasteiger partial charge on any atom is 0.415 e. The average molecular weight is 376 g/mol. The summed E-state index contributed by atoms with van der Waals surface area (Å²) in [7, 11) is 1.72. The van der Waals surface area contributed by atoms with Crippen LogP contribution in [0.25, 0.3) is 22.6 Å². The topological polar surface area (TPSA) is 86.0 Å². The number of amides is 1. The number of aromatic nitrogens is 5. The molecule has 0 saturated carbocycles. The number of carbonyl (C=O) groups excluding carboxylic acids is 1. The van der Waals surface area contributed by atoms with Gasteiger partial charge in [-0.2, -0.15) is 4.80 Å². The fraction of sp³-hybridized carbons (Fsp3) is 0.350. The Labute approximate surface area is 162 Å². The van der Waals surface area contributed by atoms with Crippen LogP contribution in [0.15, 0.2) is 36.5 Å². The van der Waals surface area contributed by atoms with Gasteiger partial charge in [0.2, 0.25) is 5.82 Å². The van der Waals surface area contributed by atoms with Crippen LogP contribution in [-0.2, 0) is 18.2 Å². The van der Waals surface area contributed by atoms with Gasteiger partial charge in [-0.25, -0.2) is 4.79 Å². The molecule has 1 fully saturated rings. The van der Waals surface area contributed by atoms with Crippen LogP contribution >= 0.6 is 0 Å². The molecule has 1 amide bonds. The molecule has 2 aliphatic heterocycles. The Bertz CT molecular complexity index is 1050. The normalized spacial score (nSPS) is 20.2. The van der Waals surface area contributed by atoms with Crippen molar-refractivity contribution < 1.29 is 9.53 Å². The monoisotopic (exact) mass is 376 g/mol. The summed E-state index contributed by atoms with van der Waals surface area (Å²) in [4.78, 5) is 20.0. The first-order valence-corrected chi connectivity index (χ1v) is 9.47. The third-order valence-electron chi connectivity index (χ3n) is 5.39. The van der Waals surface area contributed by atoms with Crippen LogP contribution in [0.1, 0.15) is 25.3 Å². The van der Waals surface area contributed by atoms with Crippen LogP contribution in [0, 0.1) is 0 Å². The molecule has 28 heavy (non-hydrogen) atoms. The van der Waals surface area contributed by atoms with Crippen molar-refractivity contribution in [3.63, 3.8) is 0 Å². The lowest BCUT2D eigenvalue weighted by Crippen LogP contribution is -2.33. The SMILES string of the molecule is CCCC1OC(=O)N2c3ccc(-c4ccc(-c5nnn(C)n5)nc4)cc3CC12. The second kappa shape index (κ2) is 6.40. The number of pyridine rings is 1. The zero-order valence-electron chi connectivity index (χ0n) is 15.7. The van der Waals surface area contributed by atoms with E-state index in [0.29, 0.717) is 11.5 Å². The van der Waals surface area contributed by atoms with Gasteiger partial charge in [0.25, 0.3) is 0 Å². The van der Waals surface area contributed by atoms with Gasteiger partial charge in [0, 0.05) is 11.8 Å². The molecule has 0 radical (unpaired) electrons. The predicted octanol–water partition coefficient (Wildman–Crippen LogP) is 2.99. The predicted molar refractivity (Wildman–Crippen MR) is 103 cm³/mol. The van der Waals surface area contributed by atoms with Gasteiger partial charge >= 0.3 is 6.09 Å². The van der Waals surface area contributed by atoms with E-state index in [1.165, 1.54) is 10.4 Å². The van der Waals surface area contributed by atoms with Crippen molar-refractivity contribution in [3.05, 3.63) is 42.1 Å². The van der Waals surface area contributed by atoms with E-state index in [9.17, 15) is 4.79 Å². The van der Waals surface area contributed by atoms with Crippen LogP contribution in [0.2, 0.25) is 0 Å². The first-order valence-electron chi connectivity index (χ1n) is 9.47. The Morgan fingerprint density at radius 2 is 2.07 bits per heavy atom. The number of benzene rings is 1. The molecule has 1 saturated heterocycles. The summed E-state index contributed by atoms with van der Waals surface area (Å²) in [5, 5.41) is 12.0. The van der Waals surface area contributed by atoms with Crippen molar-refractivity contribution in [1.29, 1.82) is 0 Å². The highest BCUT2D eigenvalue weighted by atomic mass is 16.6. The van der Waals surface area contributed by atoms with Crippen molar-refractivity contribution in [3.8, 4) is 22.6 Å². The van der Waals surface area contributed by atoms with Crippen molar-refractivity contribution in [2.75, 3.05) is 4.90 Å². The molecule has 8 heteroatoms. The lowest BCUT2D eigenvalue weighted by atomic mass is 9.99. The first kappa shape index (κ1) is 16.9. The molecule has 2 aromatic heterocycles. The van der Waals surface area contributed by atoms with Gasteiger partial charge in [0.15, 0.2) is 0 Å². The molecule has 4 heterocycles. The molecule has 3 aromatic rings. The molecule has 5 rings (SSSR count). The second-order valence-corrected chi connectivity index (χ2v) is 7.23. The van der Waals surface area contributed by atoms with Crippen LogP contribution in [0.4, 0.5) is 10.5 Å². The van der Waals surface area contributed by atoms with Crippen LogP contribution in [0.5, 0.6) is 0 Å². The van der Waals surface area contributed by atoms with Crippen LogP contribution in [-0.4, -0.2) is 43.4 Å². The molecule has 0 aliphatic carbocycles. The first-order chi connectivity index (χ1) is 13.6. The molecule has 0 bridgehead atoms. The number of carbonyl (C=O) groups is 1. The third kappa shape index (κ3) is 2.64. The van der Waals surface area contributed by atoms with E-state index in [4.69, 9.17) is 4.74 Å². The molecule has 1 aromatic carbocycles. The molecule has 8 nitrogen and oxygen atoms in total. The highest BCUT2D eigenvalue weighted by Gasteiger charge is 2.46. The number of rotatable bonds is 4. The number of anilines is 1. The lowest BCUT2D eigenvalue weighted by molar-refractivity contribution is 0.125. The van der Waals surface area contributed by atoms with Crippen molar-refractivity contribution >= 4 is 11.8 Å². The quantitative estimate of drug-likeness (QED) is 0.696. The molecular formula is C20H20N6O2. The van der Waals surface area contributed by atoms with E-state index in [-0.39, 0.29) is 18.2 Å². The number of tetrazole rings is 1. The number of hydrogen-bond acceptors (Lipinski definition) is 6. The Hall–Kier alpha value is -3.29. The smallest absolute Gasteiger partial charge is 0.415 e. The van der Waals surface area contributed by atoms with E-state index in [0.717, 1.165) is 36.1 Å². The number of aryl methyl sites for hydroxylation is 1. The van der Waals surface area contributed by atoms with E-state index in [2.05, 4.69) is 33.4 Å². The zero-order valence-corrected chi connectivity index (χ0v) is 15.7. The van der Waals surface area contributed by atoms with Crippen LogP contribution < -0.4 is 4.90 Å². The van der Waals surface area contributed by atoms with E-state index in [1.54, 1.807) is 7.05 Å². The van der Waals surface area contributed by atoms with Gasteiger partial charge < -0.3 is 4.74 Å². The average Bonchev–Trinajstić information content (AvgIpc) is 3.38. The highest BCUT2D eigenvalue weighted by Crippen LogP contribution is 2.41. The number of nitrogens with zero attached hydrogens (tertiary/aromatic N) is 6. The van der Waals surface area contributed by atoms with Gasteiger partial charge in [0.1, 0.15) is 11.8 Å². The minimum Gasteiger partial charge on any atom is -0.444 e. The lowest BCUT2D eigenvalue weighted by Gasteiger charge is -2.15. The third-order valence-corrected chi connectivity index (χ3v) is 5.39. The van der Waals surface area contributed by atoms with E-state index < -0.39 is 0 Å². The number of ether oxygens (including phenoxy) is 1. The van der Waals surface area contributed by atoms with Gasteiger partial charge in [-0.15, -0.1) is 10.2 Å². The summed E-state index contributed by atoms with van der Waals surface area (Å²) in [6.45, 7) is 2.11. The summed E-state index contributed by atoms with van der Waals surface area (Å²) in [6.07, 6.45) is 4.30. The van der Waals surface area contributed by atoms with Crippen LogP contribution in [0.3, 0.4) is 0 Å². The van der Waals surface area contributed by atoms with Crippen molar-refractivity contribution in [2.45, 2.75) is 38.3 Å². The van der Waals surface area contributed by atoms with E-state index >= 15 is 0 Å². The van der Waals surface area contributed by atoms with Gasteiger partial charge in [-0.1, -0.05) is 25.5 Å². The molecule has 0 N–H and O–H groups in total. The van der Waals surface area contributed by atoms with Gasteiger partial charge in [0.05, 0.1) is 18.8 Å². The molecule has 2 aliphatic rings. The van der Waals surface area contributed by atoms with E-state index in [1.807, 2.05) is 35.4 Å². The summed E-state index contributed by atoms with van der Waals surface area (Å²) < 4.78 is 5.56. The summed E-state index contributed by atoms with van der Waals surface area (Å²) in [5.41, 5.74) is 4.91. The minimum absolute atomic E-state index is 0.0196. The van der Waals surface area contributed by atoms with Gasteiger partial charge in [-0.3, -0.25) is 9.88 Å². The zero-order chi connectivity index (χ0) is 19.3. The van der Waals surface area contributed by atoms with Crippen molar-refractivity contribution in [2.24, 2.45) is 7.05 Å². The molecule has 2 unspecified atom stereocenters. The number of fused-ring (bicyclic) bond motifs is 3. The number of cyclic esters (lactones) is 1. The molecule has 142 valence electrons. The molecule has 2 atom stereocenters. The van der Waals surface area contributed by atoms with Gasteiger partial charge in [-0.05, 0) is 47.4 Å². The summed E-state index contributed by atoms with van der Waals surface area (Å²) >= 11 is 0. The largest absolute Gasteiger partial charge is 0.444 e. The standard InChI is InChI=1S/C20H20N6O2/c1-3-4-18-17-10-14-9-12(6-8-16(14)26(17)20(27)28-18)13-5-7-15(21-11-13)19-22-24-25(2)23-19/h5-9,11,17-18H,3-4,10H2,1-2H3. The Balaban J connectivity index is 1.43. The summed E-state index contributed by atoms with van der Waals surface area (Å²) in [5.74, 6) is 0.504. The fourth-order valence-electron chi connectivity index (χ4n) is 4.07. The number of hydrogen-bond donors (Lipinski definition) is 0. The Morgan fingerprint density at radius 1 is 1.21 bits per heavy atom. The Kier molecular flexibility index (Phi) is 3.85. The summed E-state index contributed by atoms with van der Waals surface area (Å²) in [6, 6.07) is 10.2. The molecular weight excluding hydrogens is 356 g/mol. The highest BCUT2D eigenvalue weighted by molar-refractivity contribution is 5.94. The Morgan fingerprint density at radius 3 is 2.79 bits per heavy atom. The maximum atomic E-state index is 12.3. The minimum atomic E-state index is -0.225.